The number of carbonyl (C=O) groups excluding carboxylic acids is 1. The number of benzene rings is 3. The van der Waals surface area contributed by atoms with Gasteiger partial charge in [-0.05, 0) is 47.5 Å². The fourth-order valence-electron chi connectivity index (χ4n) is 3.17. The highest BCUT2D eigenvalue weighted by Crippen LogP contribution is 2.26. The van der Waals surface area contributed by atoms with Gasteiger partial charge in [0.1, 0.15) is 11.8 Å². The third kappa shape index (κ3) is 5.10. The zero-order chi connectivity index (χ0) is 21.6. The number of hydrogen-bond donors (Lipinski definition) is 1. The van der Waals surface area contributed by atoms with Gasteiger partial charge in [-0.1, -0.05) is 54.1 Å². The summed E-state index contributed by atoms with van der Waals surface area (Å²) in [5.41, 5.74) is 2.43. The van der Waals surface area contributed by atoms with Gasteiger partial charge < -0.3 is 14.5 Å². The molecule has 31 heavy (non-hydrogen) atoms. The van der Waals surface area contributed by atoms with Gasteiger partial charge in [-0.3, -0.25) is 4.79 Å². The summed E-state index contributed by atoms with van der Waals surface area (Å²) >= 11 is 5.96. The van der Waals surface area contributed by atoms with Gasteiger partial charge in [-0.15, -0.1) is 10.2 Å². The number of hydrogen-bond acceptors (Lipinski definition) is 5. The fourth-order valence-corrected chi connectivity index (χ4v) is 3.30. The van der Waals surface area contributed by atoms with Crippen molar-refractivity contribution in [2.24, 2.45) is 0 Å². The molecule has 7 heteroatoms. The molecule has 0 radical (unpaired) electrons. The second-order valence-electron chi connectivity index (χ2n) is 6.89. The first kappa shape index (κ1) is 20.6. The van der Waals surface area contributed by atoms with E-state index >= 15 is 0 Å². The molecule has 4 aromatic rings. The zero-order valence-corrected chi connectivity index (χ0v) is 17.5. The minimum Gasteiger partial charge on any atom is -0.497 e. The van der Waals surface area contributed by atoms with Gasteiger partial charge in [0.15, 0.2) is 0 Å². The van der Waals surface area contributed by atoms with Crippen molar-refractivity contribution in [1.82, 2.24) is 15.5 Å². The number of aromatic nitrogens is 2. The number of halogens is 1. The maximum Gasteiger partial charge on any atom is 0.247 e. The maximum absolute atomic E-state index is 12.8. The van der Waals surface area contributed by atoms with E-state index < -0.39 is 6.04 Å². The Labute approximate surface area is 184 Å². The van der Waals surface area contributed by atoms with Crippen molar-refractivity contribution < 1.29 is 13.9 Å². The van der Waals surface area contributed by atoms with Crippen LogP contribution < -0.4 is 10.1 Å². The molecule has 1 N–H and O–H groups in total. The molecule has 0 saturated carbocycles. The van der Waals surface area contributed by atoms with E-state index in [0.717, 1.165) is 16.7 Å². The van der Waals surface area contributed by atoms with Gasteiger partial charge in [0.25, 0.3) is 0 Å². The molecule has 1 atom stereocenters. The average molecular weight is 434 g/mol. The summed E-state index contributed by atoms with van der Waals surface area (Å²) in [4.78, 5) is 12.8. The van der Waals surface area contributed by atoms with E-state index in [-0.39, 0.29) is 12.3 Å². The van der Waals surface area contributed by atoms with E-state index in [9.17, 15) is 4.79 Å². The van der Waals surface area contributed by atoms with Crippen molar-refractivity contribution in [2.75, 3.05) is 7.11 Å². The average Bonchev–Trinajstić information content (AvgIpc) is 3.28. The first-order valence-corrected chi connectivity index (χ1v) is 10.1. The van der Waals surface area contributed by atoms with Gasteiger partial charge >= 0.3 is 0 Å². The van der Waals surface area contributed by atoms with Crippen LogP contribution in [-0.4, -0.2) is 23.2 Å². The Hall–Kier alpha value is -3.64. The maximum atomic E-state index is 12.8. The Morgan fingerprint density at radius 3 is 2.55 bits per heavy atom. The molecule has 0 saturated heterocycles. The van der Waals surface area contributed by atoms with Crippen LogP contribution in [0.5, 0.6) is 5.75 Å². The second kappa shape index (κ2) is 9.45. The van der Waals surface area contributed by atoms with Gasteiger partial charge in [0, 0.05) is 10.6 Å². The van der Waals surface area contributed by atoms with Crippen molar-refractivity contribution in [3.8, 4) is 17.2 Å². The smallest absolute Gasteiger partial charge is 0.247 e. The van der Waals surface area contributed by atoms with Gasteiger partial charge in [0.05, 0.1) is 13.5 Å². The Morgan fingerprint density at radius 1 is 1.03 bits per heavy atom. The van der Waals surface area contributed by atoms with E-state index in [4.69, 9.17) is 20.8 Å². The lowest BCUT2D eigenvalue weighted by molar-refractivity contribution is -0.121. The summed E-state index contributed by atoms with van der Waals surface area (Å²) < 4.78 is 11.1. The fraction of sp³-hybridized carbons (Fsp3) is 0.125. The molecule has 3 aromatic carbocycles. The van der Waals surface area contributed by atoms with Gasteiger partial charge in [0.2, 0.25) is 17.7 Å². The highest BCUT2D eigenvalue weighted by molar-refractivity contribution is 6.30. The molecule has 0 spiro atoms. The highest BCUT2D eigenvalue weighted by atomic mass is 35.5. The summed E-state index contributed by atoms with van der Waals surface area (Å²) in [7, 11) is 1.60. The molecule has 0 fully saturated rings. The summed E-state index contributed by atoms with van der Waals surface area (Å²) in [6, 6.07) is 23.5. The van der Waals surface area contributed by atoms with Crippen LogP contribution in [0.4, 0.5) is 0 Å². The Balaban J connectivity index is 1.58. The zero-order valence-electron chi connectivity index (χ0n) is 16.8. The highest BCUT2D eigenvalue weighted by Gasteiger charge is 2.23. The molecule has 156 valence electrons. The Bertz CT molecular complexity index is 1160. The molecule has 0 aliphatic heterocycles. The van der Waals surface area contributed by atoms with Crippen LogP contribution in [0.2, 0.25) is 5.02 Å². The number of rotatable bonds is 7. The van der Waals surface area contributed by atoms with E-state index in [0.29, 0.717) is 22.6 Å². The molecule has 1 amide bonds. The molecule has 6 nitrogen and oxygen atoms in total. The molecule has 0 bridgehead atoms. The van der Waals surface area contributed by atoms with E-state index in [1.54, 1.807) is 31.4 Å². The SMILES string of the molecule is COc1cccc(CC(=O)N[C@@H](c2ccccc2)c2nnc(-c3ccc(Cl)cc3)o2)c1. The monoisotopic (exact) mass is 433 g/mol. The van der Waals surface area contributed by atoms with Crippen LogP contribution in [0.15, 0.2) is 83.3 Å². The van der Waals surface area contributed by atoms with Crippen molar-refractivity contribution in [3.05, 3.63) is 101 Å². The molecule has 0 unspecified atom stereocenters. The molecule has 0 aliphatic rings. The number of nitrogens with one attached hydrogen (secondary N) is 1. The molecular formula is C24H20ClN3O3. The normalized spacial score (nSPS) is 11.7. The van der Waals surface area contributed by atoms with E-state index in [1.165, 1.54) is 0 Å². The number of ether oxygens (including phenoxy) is 1. The van der Waals surface area contributed by atoms with Gasteiger partial charge in [-0.25, -0.2) is 0 Å². The van der Waals surface area contributed by atoms with Crippen molar-refractivity contribution >= 4 is 17.5 Å². The minimum atomic E-state index is -0.576. The van der Waals surface area contributed by atoms with Crippen molar-refractivity contribution in [2.45, 2.75) is 12.5 Å². The Morgan fingerprint density at radius 2 is 1.81 bits per heavy atom. The third-order valence-corrected chi connectivity index (χ3v) is 4.97. The second-order valence-corrected chi connectivity index (χ2v) is 7.33. The largest absolute Gasteiger partial charge is 0.497 e. The lowest BCUT2D eigenvalue weighted by Gasteiger charge is -2.16. The first-order chi connectivity index (χ1) is 15.1. The topological polar surface area (TPSA) is 77.2 Å². The van der Waals surface area contributed by atoms with Crippen LogP contribution >= 0.6 is 11.6 Å². The van der Waals surface area contributed by atoms with Crippen molar-refractivity contribution in [1.29, 1.82) is 0 Å². The predicted molar refractivity (Wildman–Crippen MR) is 118 cm³/mol. The van der Waals surface area contributed by atoms with E-state index in [2.05, 4.69) is 15.5 Å². The Kier molecular flexibility index (Phi) is 6.29. The van der Waals surface area contributed by atoms with Crippen LogP contribution in [0, 0.1) is 0 Å². The third-order valence-electron chi connectivity index (χ3n) is 4.72. The minimum absolute atomic E-state index is 0.173. The van der Waals surface area contributed by atoms with Crippen LogP contribution in [0.3, 0.4) is 0 Å². The number of carbonyl (C=O) groups is 1. The quantitative estimate of drug-likeness (QED) is 0.451. The van der Waals surface area contributed by atoms with Crippen LogP contribution in [0.1, 0.15) is 23.1 Å². The lowest BCUT2D eigenvalue weighted by Crippen LogP contribution is -2.30. The van der Waals surface area contributed by atoms with Crippen LogP contribution in [0.25, 0.3) is 11.5 Å². The van der Waals surface area contributed by atoms with Crippen LogP contribution in [-0.2, 0) is 11.2 Å². The van der Waals surface area contributed by atoms with Gasteiger partial charge in [-0.2, -0.15) is 0 Å². The molecule has 4 rings (SSSR count). The summed E-state index contributed by atoms with van der Waals surface area (Å²) in [6.07, 6.45) is 0.193. The summed E-state index contributed by atoms with van der Waals surface area (Å²) in [5.74, 6) is 1.19. The number of methoxy groups -OCH3 is 1. The lowest BCUT2D eigenvalue weighted by atomic mass is 10.1. The number of nitrogens with zero attached hydrogens (tertiary/aromatic N) is 2. The summed E-state index contributed by atoms with van der Waals surface area (Å²) in [6.45, 7) is 0. The molecule has 0 aliphatic carbocycles. The summed E-state index contributed by atoms with van der Waals surface area (Å²) in [5, 5.41) is 12.0. The molecular weight excluding hydrogens is 414 g/mol. The molecule has 1 aromatic heterocycles. The van der Waals surface area contributed by atoms with E-state index in [1.807, 2.05) is 54.6 Å². The molecule has 1 heterocycles. The number of amides is 1. The van der Waals surface area contributed by atoms with Crippen molar-refractivity contribution in [3.63, 3.8) is 0 Å². The first-order valence-electron chi connectivity index (χ1n) is 9.69. The predicted octanol–water partition coefficient (Wildman–Crippen LogP) is 4.85. The standard InChI is InChI=1S/C24H20ClN3O3/c1-30-20-9-5-6-16(14-20)15-21(29)26-22(17-7-3-2-4-8-17)24-28-27-23(31-24)18-10-12-19(25)13-11-18/h2-14,22H,15H2,1H3,(H,26,29)/t22-/m0/s1.